The van der Waals surface area contributed by atoms with Gasteiger partial charge in [-0.2, -0.15) is 5.01 Å². The lowest BCUT2D eigenvalue weighted by atomic mass is 9.82. The molecule has 1 aliphatic carbocycles. The van der Waals surface area contributed by atoms with E-state index in [0.717, 1.165) is 24.3 Å². The number of amides is 4. The molecule has 0 radical (unpaired) electrons. The van der Waals surface area contributed by atoms with Crippen LogP contribution in [0.2, 0.25) is 0 Å². The Balaban J connectivity index is 1.62. The SMILES string of the molecule is Cc1c(NCC(=O)NN2C(=O)NC3(CCCCC3)C2=O)cccc1[N+](=O)[O-]. The van der Waals surface area contributed by atoms with Crippen molar-refractivity contribution in [2.45, 2.75) is 44.6 Å². The second-order valence-electron chi connectivity index (χ2n) is 6.81. The van der Waals surface area contributed by atoms with Crippen molar-refractivity contribution in [2.75, 3.05) is 11.9 Å². The molecule has 1 spiro atoms. The van der Waals surface area contributed by atoms with Gasteiger partial charge in [-0.25, -0.2) is 4.79 Å². The minimum Gasteiger partial charge on any atom is -0.376 e. The van der Waals surface area contributed by atoms with Crippen molar-refractivity contribution in [3.05, 3.63) is 33.9 Å². The molecule has 3 N–H and O–H groups in total. The summed E-state index contributed by atoms with van der Waals surface area (Å²) in [5.74, 6) is -1.04. The Morgan fingerprint density at radius 3 is 2.67 bits per heavy atom. The number of hydrogen-bond donors (Lipinski definition) is 3. The van der Waals surface area contributed by atoms with Crippen molar-refractivity contribution in [1.82, 2.24) is 15.8 Å². The number of rotatable bonds is 5. The third-order valence-corrected chi connectivity index (χ3v) is 5.05. The van der Waals surface area contributed by atoms with Gasteiger partial charge in [0.2, 0.25) is 0 Å². The van der Waals surface area contributed by atoms with E-state index in [2.05, 4.69) is 16.1 Å². The van der Waals surface area contributed by atoms with Gasteiger partial charge in [0.15, 0.2) is 0 Å². The van der Waals surface area contributed by atoms with Crippen LogP contribution in [0.1, 0.15) is 37.7 Å². The highest BCUT2D eigenvalue weighted by atomic mass is 16.6. The quantitative estimate of drug-likeness (QED) is 0.407. The van der Waals surface area contributed by atoms with E-state index in [0.29, 0.717) is 24.1 Å². The fraction of sp³-hybridized carbons (Fsp3) is 0.471. The summed E-state index contributed by atoms with van der Waals surface area (Å²) in [6.45, 7) is 1.33. The van der Waals surface area contributed by atoms with Crippen molar-refractivity contribution in [3.63, 3.8) is 0 Å². The lowest BCUT2D eigenvalue weighted by molar-refractivity contribution is -0.385. The molecule has 3 rings (SSSR count). The van der Waals surface area contributed by atoms with E-state index in [-0.39, 0.29) is 12.2 Å². The molecule has 1 aliphatic heterocycles. The molecule has 4 amide bonds. The summed E-state index contributed by atoms with van der Waals surface area (Å²) in [5.41, 5.74) is 2.17. The van der Waals surface area contributed by atoms with Gasteiger partial charge >= 0.3 is 6.03 Å². The van der Waals surface area contributed by atoms with Crippen LogP contribution >= 0.6 is 0 Å². The largest absolute Gasteiger partial charge is 0.376 e. The Labute approximate surface area is 155 Å². The van der Waals surface area contributed by atoms with Gasteiger partial charge in [-0.1, -0.05) is 25.3 Å². The summed E-state index contributed by atoms with van der Waals surface area (Å²) in [5, 5.41) is 17.2. The fourth-order valence-corrected chi connectivity index (χ4v) is 3.57. The number of urea groups is 1. The van der Waals surface area contributed by atoms with Crippen molar-refractivity contribution in [1.29, 1.82) is 0 Å². The molecule has 144 valence electrons. The number of nitro benzene ring substituents is 1. The van der Waals surface area contributed by atoms with Gasteiger partial charge in [0.1, 0.15) is 5.54 Å². The predicted octanol–water partition coefficient (Wildman–Crippen LogP) is 1.60. The van der Waals surface area contributed by atoms with Crippen LogP contribution in [-0.4, -0.2) is 39.9 Å². The molecule has 10 heteroatoms. The van der Waals surface area contributed by atoms with E-state index in [4.69, 9.17) is 0 Å². The van der Waals surface area contributed by atoms with Gasteiger partial charge in [-0.3, -0.25) is 25.1 Å². The number of carbonyl (C=O) groups is 3. The van der Waals surface area contributed by atoms with Crippen molar-refractivity contribution < 1.29 is 19.3 Å². The molecular weight excluding hydrogens is 354 g/mol. The third kappa shape index (κ3) is 3.55. The Morgan fingerprint density at radius 2 is 2.00 bits per heavy atom. The number of benzene rings is 1. The first-order valence-corrected chi connectivity index (χ1v) is 8.78. The highest BCUT2D eigenvalue weighted by molar-refractivity contribution is 6.08. The summed E-state index contributed by atoms with van der Waals surface area (Å²) < 4.78 is 0. The fourth-order valence-electron chi connectivity index (χ4n) is 3.57. The van der Waals surface area contributed by atoms with Gasteiger partial charge in [0.25, 0.3) is 17.5 Å². The standard InChI is InChI=1S/C17H21N5O5/c1-11-12(6-5-7-13(11)22(26)27)18-10-14(23)20-21-15(24)17(19-16(21)25)8-3-2-4-9-17/h5-7,18H,2-4,8-10H2,1H3,(H,19,25)(H,20,23). The van der Waals surface area contributed by atoms with E-state index >= 15 is 0 Å². The molecule has 2 fully saturated rings. The summed E-state index contributed by atoms with van der Waals surface area (Å²) >= 11 is 0. The monoisotopic (exact) mass is 375 g/mol. The minimum atomic E-state index is -0.910. The summed E-state index contributed by atoms with van der Waals surface area (Å²) in [7, 11) is 0. The number of hydrogen-bond acceptors (Lipinski definition) is 6. The number of hydrazine groups is 1. The highest BCUT2D eigenvalue weighted by Crippen LogP contribution is 2.33. The van der Waals surface area contributed by atoms with Crippen molar-refractivity contribution in [2.24, 2.45) is 0 Å². The van der Waals surface area contributed by atoms with E-state index in [1.807, 2.05) is 0 Å². The van der Waals surface area contributed by atoms with Crippen LogP contribution in [-0.2, 0) is 9.59 Å². The van der Waals surface area contributed by atoms with E-state index < -0.39 is 28.3 Å². The molecule has 0 bridgehead atoms. The van der Waals surface area contributed by atoms with Crippen LogP contribution in [0.25, 0.3) is 0 Å². The Hall–Kier alpha value is -3.17. The number of carbonyl (C=O) groups excluding carboxylic acids is 3. The molecule has 1 saturated heterocycles. The molecule has 0 aromatic heterocycles. The normalized spacial score (nSPS) is 18.3. The maximum absolute atomic E-state index is 12.6. The van der Waals surface area contributed by atoms with Crippen LogP contribution in [0.3, 0.4) is 0 Å². The first kappa shape index (κ1) is 18.6. The zero-order valence-electron chi connectivity index (χ0n) is 14.9. The molecule has 1 saturated carbocycles. The van der Waals surface area contributed by atoms with Gasteiger partial charge in [0.05, 0.1) is 11.5 Å². The molecule has 1 heterocycles. The molecule has 0 atom stereocenters. The van der Waals surface area contributed by atoms with Gasteiger partial charge < -0.3 is 10.6 Å². The van der Waals surface area contributed by atoms with Gasteiger partial charge in [-0.05, 0) is 25.8 Å². The molecule has 27 heavy (non-hydrogen) atoms. The van der Waals surface area contributed by atoms with Crippen molar-refractivity contribution >= 4 is 29.2 Å². The first-order chi connectivity index (χ1) is 12.8. The zero-order chi connectivity index (χ0) is 19.6. The number of anilines is 1. The van der Waals surface area contributed by atoms with Crippen LogP contribution in [0.15, 0.2) is 18.2 Å². The topological polar surface area (TPSA) is 134 Å². The Bertz CT molecular complexity index is 803. The smallest absolute Gasteiger partial charge is 0.344 e. The molecular formula is C17H21N5O5. The van der Waals surface area contributed by atoms with Crippen LogP contribution in [0, 0.1) is 17.0 Å². The number of nitro groups is 1. The van der Waals surface area contributed by atoms with Gasteiger partial charge in [0, 0.05) is 17.3 Å². The average molecular weight is 375 g/mol. The van der Waals surface area contributed by atoms with Gasteiger partial charge in [-0.15, -0.1) is 0 Å². The Kier molecular flexibility index (Phi) is 4.98. The first-order valence-electron chi connectivity index (χ1n) is 8.78. The average Bonchev–Trinajstić information content (AvgIpc) is 2.85. The van der Waals surface area contributed by atoms with E-state index in [1.54, 1.807) is 13.0 Å². The molecule has 0 unspecified atom stereocenters. The number of imide groups is 1. The number of nitrogens with zero attached hydrogens (tertiary/aromatic N) is 2. The van der Waals surface area contributed by atoms with E-state index in [9.17, 15) is 24.5 Å². The lowest BCUT2D eigenvalue weighted by Crippen LogP contribution is -2.51. The maximum atomic E-state index is 12.6. The van der Waals surface area contributed by atoms with E-state index in [1.165, 1.54) is 12.1 Å². The summed E-state index contributed by atoms with van der Waals surface area (Å²) in [4.78, 5) is 47.4. The summed E-state index contributed by atoms with van der Waals surface area (Å²) in [6.07, 6.45) is 3.84. The summed E-state index contributed by atoms with van der Waals surface area (Å²) in [6, 6.07) is 3.86. The van der Waals surface area contributed by atoms with Crippen LogP contribution < -0.4 is 16.1 Å². The zero-order valence-corrected chi connectivity index (χ0v) is 14.9. The second-order valence-corrected chi connectivity index (χ2v) is 6.81. The minimum absolute atomic E-state index is 0.0613. The molecule has 2 aliphatic rings. The second kappa shape index (κ2) is 7.22. The lowest BCUT2D eigenvalue weighted by Gasteiger charge is -2.30. The van der Waals surface area contributed by atoms with Crippen molar-refractivity contribution in [3.8, 4) is 0 Å². The molecule has 10 nitrogen and oxygen atoms in total. The van der Waals surface area contributed by atoms with Crippen LogP contribution in [0.5, 0.6) is 0 Å². The highest BCUT2D eigenvalue weighted by Gasteiger charge is 2.52. The maximum Gasteiger partial charge on any atom is 0.344 e. The predicted molar refractivity (Wildman–Crippen MR) is 95.7 cm³/mol. The van der Waals surface area contributed by atoms with Crippen LogP contribution in [0.4, 0.5) is 16.2 Å². The molecule has 1 aromatic rings. The third-order valence-electron chi connectivity index (χ3n) is 5.05. The Morgan fingerprint density at radius 1 is 1.30 bits per heavy atom. The number of nitrogens with one attached hydrogen (secondary N) is 3. The molecule has 1 aromatic carbocycles.